The number of fused-ring (bicyclic) bond motifs is 4. The van der Waals surface area contributed by atoms with Crippen LogP contribution in [0.5, 0.6) is 0 Å². The molecular weight excluding hydrogens is 572 g/mol. The summed E-state index contributed by atoms with van der Waals surface area (Å²) < 4.78 is 0. The second-order valence-electron chi connectivity index (χ2n) is 10.1. The summed E-state index contributed by atoms with van der Waals surface area (Å²) in [5.74, 6) is 7.53. The first-order chi connectivity index (χ1) is 21.0. The lowest BCUT2D eigenvalue weighted by Gasteiger charge is -2.20. The van der Waals surface area contributed by atoms with E-state index >= 15 is 0 Å². The van der Waals surface area contributed by atoms with Gasteiger partial charge in [0.05, 0.1) is 75.1 Å². The van der Waals surface area contributed by atoms with E-state index in [0.29, 0.717) is 22.8 Å². The van der Waals surface area contributed by atoms with Gasteiger partial charge in [0.15, 0.2) is 0 Å². The van der Waals surface area contributed by atoms with Crippen molar-refractivity contribution < 1.29 is 39.6 Å². The predicted octanol–water partition coefficient (Wildman–Crippen LogP) is -0.256. The molecule has 0 aliphatic carbocycles. The predicted molar refractivity (Wildman–Crippen MR) is 156 cm³/mol. The Kier molecular flexibility index (Phi) is 13.2. The first-order valence-corrected chi connectivity index (χ1v) is 13.6. The second-order valence-corrected chi connectivity index (χ2v) is 10.1. The first kappa shape index (κ1) is 33.6. The van der Waals surface area contributed by atoms with E-state index in [1.54, 1.807) is 56.0 Å². The first-order valence-electron chi connectivity index (χ1n) is 13.6. The minimum atomic E-state index is -1.05. The third kappa shape index (κ3) is 13.0. The molecule has 0 radical (unpaired) electrons. The minimum absolute atomic E-state index is 0.0903. The Morgan fingerprint density at radius 3 is 0.932 bits per heavy atom. The zero-order valence-electron chi connectivity index (χ0n) is 24.1. The number of hydrogen-bond donors (Lipinski definition) is 4. The lowest BCUT2D eigenvalue weighted by molar-refractivity contribution is -0.139. The number of hydrogen-bond acceptors (Lipinski definition) is 10. The average molecular weight is 607 g/mol. The fraction of sp³-hybridized carbons (Fsp3) is 0.400. The van der Waals surface area contributed by atoms with E-state index in [1.807, 2.05) is 0 Å². The maximum absolute atomic E-state index is 11.5. The van der Waals surface area contributed by atoms with E-state index in [-0.39, 0.29) is 78.5 Å². The zero-order valence-corrected chi connectivity index (χ0v) is 24.1. The Morgan fingerprint density at radius 1 is 0.500 bits per heavy atom. The van der Waals surface area contributed by atoms with Gasteiger partial charge < -0.3 is 20.4 Å². The molecule has 2 aromatic rings. The third-order valence-corrected chi connectivity index (χ3v) is 6.17. The highest BCUT2D eigenvalue weighted by molar-refractivity contribution is 5.70. The largest absolute Gasteiger partial charge is 0.480 e. The van der Waals surface area contributed by atoms with Gasteiger partial charge in [-0.2, -0.15) is 0 Å². The van der Waals surface area contributed by atoms with Crippen molar-refractivity contribution in [3.8, 4) is 23.7 Å². The maximum Gasteiger partial charge on any atom is 0.317 e. The molecule has 0 atom stereocenters. The van der Waals surface area contributed by atoms with E-state index in [4.69, 9.17) is 0 Å². The molecule has 0 aromatic carbocycles. The number of nitrogens with zero attached hydrogens (tertiary/aromatic N) is 6. The summed E-state index contributed by atoms with van der Waals surface area (Å²) in [6, 6.07) is 10.4. The van der Waals surface area contributed by atoms with Crippen molar-refractivity contribution in [2.75, 3.05) is 52.4 Å². The van der Waals surface area contributed by atoms with E-state index in [2.05, 4.69) is 33.6 Å². The molecule has 4 bridgehead atoms. The summed E-state index contributed by atoms with van der Waals surface area (Å²) >= 11 is 0. The lowest BCUT2D eigenvalue weighted by atomic mass is 10.2. The molecule has 0 saturated heterocycles. The van der Waals surface area contributed by atoms with Gasteiger partial charge in [-0.3, -0.25) is 48.7 Å². The van der Waals surface area contributed by atoms with Crippen LogP contribution in [0.3, 0.4) is 0 Å². The Morgan fingerprint density at radius 2 is 0.727 bits per heavy atom. The highest BCUT2D eigenvalue weighted by Gasteiger charge is 2.16. The van der Waals surface area contributed by atoms with Crippen molar-refractivity contribution >= 4 is 23.9 Å². The quantitative estimate of drug-likeness (QED) is 0.288. The lowest BCUT2D eigenvalue weighted by Crippen LogP contribution is -2.32. The maximum atomic E-state index is 11.5. The molecule has 14 nitrogen and oxygen atoms in total. The van der Waals surface area contributed by atoms with E-state index < -0.39 is 23.9 Å². The van der Waals surface area contributed by atoms with Gasteiger partial charge in [0, 0.05) is 26.2 Å². The molecule has 0 fully saturated rings. The molecule has 1 aliphatic heterocycles. The van der Waals surface area contributed by atoms with Gasteiger partial charge in [0.2, 0.25) is 0 Å². The Labute approximate surface area is 254 Å². The number of rotatable bonds is 8. The Balaban J connectivity index is 1.94. The van der Waals surface area contributed by atoms with Crippen LogP contribution in [-0.4, -0.2) is 126 Å². The summed E-state index contributed by atoms with van der Waals surface area (Å²) in [5, 5.41) is 37.7. The van der Waals surface area contributed by atoms with Gasteiger partial charge in [-0.05, 0) is 24.3 Å². The second kappa shape index (κ2) is 17.3. The summed E-state index contributed by atoms with van der Waals surface area (Å²) in [5.41, 5.74) is 2.27. The van der Waals surface area contributed by atoms with Crippen LogP contribution in [0.2, 0.25) is 0 Å². The van der Waals surface area contributed by atoms with Crippen LogP contribution in [0.25, 0.3) is 0 Å². The highest BCUT2D eigenvalue weighted by Crippen LogP contribution is 2.09. The normalized spacial score (nSPS) is 16.2. The van der Waals surface area contributed by atoms with Gasteiger partial charge >= 0.3 is 23.9 Å². The number of aliphatic carboxylic acids is 4. The molecule has 2 aromatic heterocycles. The summed E-state index contributed by atoms with van der Waals surface area (Å²) in [7, 11) is 0. The highest BCUT2D eigenvalue weighted by atomic mass is 16.4. The van der Waals surface area contributed by atoms with Crippen molar-refractivity contribution in [1.82, 2.24) is 29.6 Å². The van der Waals surface area contributed by atoms with Crippen LogP contribution in [0, 0.1) is 23.7 Å². The van der Waals surface area contributed by atoms with Crippen molar-refractivity contribution in [3.05, 3.63) is 59.2 Å². The van der Waals surface area contributed by atoms with Crippen LogP contribution in [0.1, 0.15) is 22.8 Å². The molecule has 0 spiro atoms. The molecule has 0 saturated carbocycles. The van der Waals surface area contributed by atoms with Crippen LogP contribution in [0.4, 0.5) is 0 Å². The molecular formula is C30H34N6O8. The van der Waals surface area contributed by atoms with Crippen LogP contribution in [0.15, 0.2) is 36.4 Å². The average Bonchev–Trinajstić information content (AvgIpc) is 2.92. The van der Waals surface area contributed by atoms with Gasteiger partial charge in [0.1, 0.15) is 0 Å². The van der Waals surface area contributed by atoms with E-state index in [0.717, 1.165) is 0 Å². The molecule has 232 valence electrons. The smallest absolute Gasteiger partial charge is 0.317 e. The number of carbonyl (C=O) groups is 4. The topological polar surface area (TPSA) is 188 Å². The molecule has 44 heavy (non-hydrogen) atoms. The molecule has 3 rings (SSSR count). The number of carboxylic acids is 4. The zero-order chi connectivity index (χ0) is 31.9. The summed E-state index contributed by atoms with van der Waals surface area (Å²) in [6.07, 6.45) is 0. The summed E-state index contributed by atoms with van der Waals surface area (Å²) in [6.45, 7) is -0.146. The molecule has 1 aliphatic rings. The Bertz CT molecular complexity index is 1260. The van der Waals surface area contributed by atoms with Crippen LogP contribution >= 0.6 is 0 Å². The number of carboxylic acid groups (broad SMARTS) is 4. The van der Waals surface area contributed by atoms with Gasteiger partial charge in [-0.1, -0.05) is 35.8 Å². The molecule has 14 heteroatoms. The van der Waals surface area contributed by atoms with E-state index in [1.165, 1.54) is 0 Å². The molecule has 4 N–H and O–H groups in total. The van der Waals surface area contributed by atoms with Crippen molar-refractivity contribution in [3.63, 3.8) is 0 Å². The van der Waals surface area contributed by atoms with Crippen molar-refractivity contribution in [1.29, 1.82) is 0 Å². The van der Waals surface area contributed by atoms with Gasteiger partial charge in [-0.15, -0.1) is 0 Å². The summed E-state index contributed by atoms with van der Waals surface area (Å²) in [4.78, 5) is 61.6. The van der Waals surface area contributed by atoms with Crippen LogP contribution in [-0.2, 0) is 45.4 Å². The molecule has 3 heterocycles. The molecule has 0 amide bonds. The molecule has 0 unspecified atom stereocenters. The van der Waals surface area contributed by atoms with Crippen molar-refractivity contribution in [2.24, 2.45) is 0 Å². The van der Waals surface area contributed by atoms with E-state index in [9.17, 15) is 39.6 Å². The fourth-order valence-corrected chi connectivity index (χ4v) is 4.43. The number of aromatic nitrogens is 2. The monoisotopic (exact) mass is 606 g/mol. The van der Waals surface area contributed by atoms with Crippen LogP contribution < -0.4 is 0 Å². The SMILES string of the molecule is O=C(O)CN1CC#CCN(CC(=O)O)Cc2cccc(n2)CN(CC(=O)O)CC#CCN(CC(=O)O)Cc2cccc(n2)C1. The Hall–Kier alpha value is -4.86. The third-order valence-electron chi connectivity index (χ3n) is 6.17. The minimum Gasteiger partial charge on any atom is -0.480 e. The van der Waals surface area contributed by atoms with Gasteiger partial charge in [-0.25, -0.2) is 0 Å². The van der Waals surface area contributed by atoms with Gasteiger partial charge in [0.25, 0.3) is 0 Å². The fourth-order valence-electron chi connectivity index (χ4n) is 4.43. The standard InChI is InChI=1S/C30H34N6O8/c37-27(38)19-33-11-1-2-12-34(20-28(39)40)16-24-8-6-10-26(32-24)18-36(22-30(43)44)14-4-3-13-35(21-29(41)42)17-25-9-5-7-23(15-33)31-25/h5-10H,11-22H2,(H,37,38)(H,39,40)(H,41,42)(H,43,44). The van der Waals surface area contributed by atoms with Crippen molar-refractivity contribution in [2.45, 2.75) is 26.2 Å². The number of pyridine rings is 2.